The van der Waals surface area contributed by atoms with Gasteiger partial charge in [0.15, 0.2) is 5.79 Å². The number of rotatable bonds is 15. The maximum Gasteiger partial charge on any atom is 0.167 e. The van der Waals surface area contributed by atoms with E-state index in [-0.39, 0.29) is 0 Å². The molecule has 0 aromatic rings. The van der Waals surface area contributed by atoms with Crippen molar-refractivity contribution in [1.82, 2.24) is 5.32 Å². The van der Waals surface area contributed by atoms with Crippen molar-refractivity contribution in [3.63, 3.8) is 0 Å². The molecule has 0 aliphatic heterocycles. The smallest absolute Gasteiger partial charge is 0.167 e. The Labute approximate surface area is 133 Å². The van der Waals surface area contributed by atoms with E-state index in [4.69, 9.17) is 9.47 Å². The van der Waals surface area contributed by atoms with Gasteiger partial charge in [0.2, 0.25) is 0 Å². The van der Waals surface area contributed by atoms with Crippen LogP contribution in [0.25, 0.3) is 0 Å². The third-order valence-electron chi connectivity index (χ3n) is 4.61. The summed E-state index contributed by atoms with van der Waals surface area (Å²) in [5.41, 5.74) is 0. The molecule has 0 spiro atoms. The van der Waals surface area contributed by atoms with Crippen molar-refractivity contribution >= 4 is 0 Å². The van der Waals surface area contributed by atoms with Gasteiger partial charge in [-0.25, -0.2) is 0 Å². The van der Waals surface area contributed by atoms with E-state index < -0.39 is 5.79 Å². The van der Waals surface area contributed by atoms with Gasteiger partial charge in [-0.05, 0) is 39.3 Å². The molecule has 0 bridgehead atoms. The zero-order valence-corrected chi connectivity index (χ0v) is 15.2. The van der Waals surface area contributed by atoms with Crippen molar-refractivity contribution in [1.29, 1.82) is 0 Å². The van der Waals surface area contributed by atoms with Crippen LogP contribution in [-0.4, -0.2) is 33.1 Å². The molecule has 1 N–H and O–H groups in total. The van der Waals surface area contributed by atoms with Crippen LogP contribution in [0.4, 0.5) is 0 Å². The maximum atomic E-state index is 5.66. The van der Waals surface area contributed by atoms with Gasteiger partial charge >= 0.3 is 0 Å². The van der Waals surface area contributed by atoms with E-state index in [1.807, 2.05) is 0 Å². The number of hydrogen-bond donors (Lipinski definition) is 1. The molecule has 0 rings (SSSR count). The summed E-state index contributed by atoms with van der Waals surface area (Å²) in [7, 11) is 3.53. The Balaban J connectivity index is 4.12. The number of nitrogens with one attached hydrogen (secondary N) is 1. The average Bonchev–Trinajstić information content (AvgIpc) is 2.51. The molecule has 1 unspecified atom stereocenters. The van der Waals surface area contributed by atoms with Gasteiger partial charge in [0.1, 0.15) is 0 Å². The van der Waals surface area contributed by atoms with Crippen molar-refractivity contribution in [3.05, 3.63) is 0 Å². The first kappa shape index (κ1) is 20.9. The Kier molecular flexibility index (Phi) is 13.5. The van der Waals surface area contributed by atoms with E-state index in [1.54, 1.807) is 14.2 Å². The summed E-state index contributed by atoms with van der Waals surface area (Å²) in [4.78, 5) is 0. The van der Waals surface area contributed by atoms with Crippen LogP contribution in [0.5, 0.6) is 0 Å². The molecule has 3 nitrogen and oxygen atoms in total. The fraction of sp³-hybridized carbons (Fsp3) is 1.00. The van der Waals surface area contributed by atoms with Crippen LogP contribution in [-0.2, 0) is 9.47 Å². The van der Waals surface area contributed by atoms with Gasteiger partial charge in [0.05, 0.1) is 0 Å². The van der Waals surface area contributed by atoms with E-state index in [0.29, 0.717) is 5.92 Å². The van der Waals surface area contributed by atoms with Crippen LogP contribution in [0, 0.1) is 5.92 Å². The third kappa shape index (κ3) is 9.49. The van der Waals surface area contributed by atoms with E-state index in [9.17, 15) is 0 Å². The highest BCUT2D eigenvalue weighted by atomic mass is 16.7. The van der Waals surface area contributed by atoms with Gasteiger partial charge in [0.25, 0.3) is 0 Å². The minimum atomic E-state index is -0.435. The zero-order chi connectivity index (χ0) is 16.0. The molecule has 0 aliphatic rings. The van der Waals surface area contributed by atoms with Crippen molar-refractivity contribution in [3.8, 4) is 0 Å². The zero-order valence-electron chi connectivity index (χ0n) is 15.2. The number of unbranched alkanes of at least 4 members (excludes halogenated alkanes) is 5. The largest absolute Gasteiger partial charge is 0.353 e. The minimum absolute atomic E-state index is 0.435. The normalized spacial score (nSPS) is 13.6. The molecule has 0 aromatic heterocycles. The van der Waals surface area contributed by atoms with Crippen molar-refractivity contribution in [2.45, 2.75) is 84.3 Å². The number of methoxy groups -OCH3 is 2. The molecule has 0 radical (unpaired) electrons. The molecule has 0 saturated heterocycles. The summed E-state index contributed by atoms with van der Waals surface area (Å²) in [6, 6.07) is 0. The molecule has 21 heavy (non-hydrogen) atoms. The second-order valence-electron chi connectivity index (χ2n) is 6.17. The quantitative estimate of drug-likeness (QED) is 0.350. The lowest BCUT2D eigenvalue weighted by atomic mass is 9.88. The molecule has 0 fully saturated rings. The Bertz CT molecular complexity index is 217. The predicted octanol–water partition coefficient (Wildman–Crippen LogP) is 4.75. The van der Waals surface area contributed by atoms with Gasteiger partial charge in [-0.15, -0.1) is 0 Å². The standard InChI is InChI=1S/C18H39NO2/c1-6-8-9-10-11-12-14-17(15-13-16-19-7-2)18(3,20-4)21-5/h17,19H,6-16H2,1-5H3. The predicted molar refractivity (Wildman–Crippen MR) is 91.7 cm³/mol. The van der Waals surface area contributed by atoms with Crippen LogP contribution < -0.4 is 5.32 Å². The Morgan fingerprint density at radius 1 is 0.857 bits per heavy atom. The highest BCUT2D eigenvalue weighted by Gasteiger charge is 2.33. The molecule has 0 amide bonds. The second-order valence-corrected chi connectivity index (χ2v) is 6.17. The second kappa shape index (κ2) is 13.5. The van der Waals surface area contributed by atoms with E-state index in [1.165, 1.54) is 57.8 Å². The highest BCUT2D eigenvalue weighted by molar-refractivity contribution is 4.75. The molecular weight excluding hydrogens is 262 g/mol. The third-order valence-corrected chi connectivity index (χ3v) is 4.61. The monoisotopic (exact) mass is 301 g/mol. The lowest BCUT2D eigenvalue weighted by molar-refractivity contribution is -0.230. The summed E-state index contributed by atoms with van der Waals surface area (Å²) in [5, 5.41) is 3.40. The summed E-state index contributed by atoms with van der Waals surface area (Å²) in [6.07, 6.45) is 11.6. The van der Waals surface area contributed by atoms with E-state index in [0.717, 1.165) is 13.1 Å². The molecular formula is C18H39NO2. The molecule has 0 aromatic carbocycles. The van der Waals surface area contributed by atoms with E-state index in [2.05, 4.69) is 26.1 Å². The molecule has 128 valence electrons. The molecule has 0 aliphatic carbocycles. The van der Waals surface area contributed by atoms with Crippen molar-refractivity contribution in [2.75, 3.05) is 27.3 Å². The van der Waals surface area contributed by atoms with Crippen LogP contribution in [0.3, 0.4) is 0 Å². The number of ether oxygens (including phenoxy) is 2. The van der Waals surface area contributed by atoms with Gasteiger partial charge < -0.3 is 14.8 Å². The van der Waals surface area contributed by atoms with Crippen LogP contribution >= 0.6 is 0 Å². The first-order chi connectivity index (χ1) is 10.1. The Morgan fingerprint density at radius 3 is 2.00 bits per heavy atom. The lowest BCUT2D eigenvalue weighted by Gasteiger charge is -2.35. The molecule has 0 heterocycles. The van der Waals surface area contributed by atoms with Crippen LogP contribution in [0.1, 0.15) is 78.6 Å². The summed E-state index contributed by atoms with van der Waals surface area (Å²) in [5.74, 6) is 0.0488. The van der Waals surface area contributed by atoms with Crippen LogP contribution in [0.2, 0.25) is 0 Å². The lowest BCUT2D eigenvalue weighted by Crippen LogP contribution is -2.39. The molecule has 3 heteroatoms. The first-order valence-corrected chi connectivity index (χ1v) is 8.95. The fourth-order valence-electron chi connectivity index (χ4n) is 2.91. The summed E-state index contributed by atoms with van der Waals surface area (Å²) >= 11 is 0. The van der Waals surface area contributed by atoms with E-state index >= 15 is 0 Å². The average molecular weight is 302 g/mol. The van der Waals surface area contributed by atoms with Gasteiger partial charge in [-0.1, -0.05) is 52.4 Å². The molecule has 1 atom stereocenters. The van der Waals surface area contributed by atoms with Crippen molar-refractivity contribution < 1.29 is 9.47 Å². The van der Waals surface area contributed by atoms with Crippen molar-refractivity contribution in [2.24, 2.45) is 5.92 Å². The van der Waals surface area contributed by atoms with Gasteiger partial charge in [-0.3, -0.25) is 0 Å². The maximum absolute atomic E-state index is 5.66. The number of hydrogen-bond acceptors (Lipinski definition) is 3. The van der Waals surface area contributed by atoms with Crippen LogP contribution in [0.15, 0.2) is 0 Å². The highest BCUT2D eigenvalue weighted by Crippen LogP contribution is 2.31. The topological polar surface area (TPSA) is 30.5 Å². The van der Waals surface area contributed by atoms with Gasteiger partial charge in [0, 0.05) is 20.1 Å². The SMILES string of the molecule is CCCCCCCCC(CCCNCC)C(C)(OC)OC. The minimum Gasteiger partial charge on any atom is -0.353 e. The Morgan fingerprint density at radius 2 is 1.43 bits per heavy atom. The molecule has 0 saturated carbocycles. The van der Waals surface area contributed by atoms with Gasteiger partial charge in [-0.2, -0.15) is 0 Å². The first-order valence-electron chi connectivity index (χ1n) is 8.95. The summed E-state index contributed by atoms with van der Waals surface area (Å²) < 4.78 is 11.3. The fourth-order valence-corrected chi connectivity index (χ4v) is 2.91. The Hall–Kier alpha value is -0.120. The summed E-state index contributed by atoms with van der Waals surface area (Å²) in [6.45, 7) is 8.65.